The Morgan fingerprint density at radius 3 is 2.58 bits per heavy atom. The summed E-state index contributed by atoms with van der Waals surface area (Å²) < 4.78 is 43.9. The van der Waals surface area contributed by atoms with E-state index in [-0.39, 0.29) is 17.0 Å². The Kier molecular flexibility index (Phi) is 5.77. The molecule has 0 saturated carbocycles. The number of hydrogen-bond acceptors (Lipinski definition) is 6. The van der Waals surface area contributed by atoms with Gasteiger partial charge in [-0.3, -0.25) is 15.5 Å². The minimum absolute atomic E-state index is 0.0866. The van der Waals surface area contributed by atoms with Crippen LogP contribution in [0.1, 0.15) is 27.2 Å². The van der Waals surface area contributed by atoms with Crippen LogP contribution >= 0.6 is 0 Å². The van der Waals surface area contributed by atoms with Crippen molar-refractivity contribution in [1.82, 2.24) is 0 Å². The number of nitro benzene ring substituents is 1. The predicted molar refractivity (Wildman–Crippen MR) is 105 cm³/mol. The van der Waals surface area contributed by atoms with E-state index in [2.05, 4.69) is 10.5 Å². The lowest BCUT2D eigenvalue weighted by Crippen LogP contribution is -2.06. The van der Waals surface area contributed by atoms with Crippen LogP contribution in [0.4, 0.5) is 24.5 Å². The van der Waals surface area contributed by atoms with Crippen molar-refractivity contribution in [2.24, 2.45) is 5.10 Å². The summed E-state index contributed by atoms with van der Waals surface area (Å²) in [6.07, 6.45) is -3.53. The molecule has 0 unspecified atom stereocenters. The number of hydrogen-bond donors (Lipinski definition) is 2. The van der Waals surface area contributed by atoms with Crippen LogP contribution in [0.2, 0.25) is 0 Å². The number of anilines is 1. The fourth-order valence-corrected chi connectivity index (χ4v) is 2.71. The number of nitrogens with zero attached hydrogens (tertiary/aromatic N) is 2. The van der Waals surface area contributed by atoms with E-state index in [1.807, 2.05) is 0 Å². The van der Waals surface area contributed by atoms with Gasteiger partial charge in [-0.05, 0) is 48.9 Å². The zero-order chi connectivity index (χ0) is 22.8. The van der Waals surface area contributed by atoms with Crippen LogP contribution in [0.3, 0.4) is 0 Å². The zero-order valence-corrected chi connectivity index (χ0v) is 15.8. The van der Waals surface area contributed by atoms with Crippen LogP contribution in [0.15, 0.2) is 58.0 Å². The molecule has 0 spiro atoms. The first-order chi connectivity index (χ1) is 14.6. The maximum atomic E-state index is 12.8. The fourth-order valence-electron chi connectivity index (χ4n) is 2.71. The number of nitro groups is 1. The molecule has 2 aromatic carbocycles. The molecule has 31 heavy (non-hydrogen) atoms. The van der Waals surface area contributed by atoms with Gasteiger partial charge in [0.2, 0.25) is 0 Å². The quantitative estimate of drug-likeness (QED) is 0.308. The van der Waals surface area contributed by atoms with E-state index >= 15 is 0 Å². The molecular formula is C20H14F3N3O5. The number of alkyl halides is 3. The van der Waals surface area contributed by atoms with Crippen molar-refractivity contribution in [3.8, 4) is 11.3 Å². The van der Waals surface area contributed by atoms with Gasteiger partial charge in [0.15, 0.2) is 0 Å². The van der Waals surface area contributed by atoms with Gasteiger partial charge in [-0.1, -0.05) is 6.07 Å². The van der Waals surface area contributed by atoms with Crippen LogP contribution in [0.25, 0.3) is 11.3 Å². The monoisotopic (exact) mass is 433 g/mol. The first-order valence-electron chi connectivity index (χ1n) is 8.65. The average Bonchev–Trinajstić information content (AvgIpc) is 3.16. The van der Waals surface area contributed by atoms with E-state index < -0.39 is 28.3 Å². The van der Waals surface area contributed by atoms with Crippen molar-refractivity contribution >= 4 is 23.6 Å². The first-order valence-corrected chi connectivity index (χ1v) is 8.65. The molecule has 11 heteroatoms. The number of furan rings is 1. The minimum atomic E-state index is -4.72. The molecule has 0 aliphatic rings. The Bertz CT molecular complexity index is 1190. The number of aryl methyl sites for hydroxylation is 1. The highest BCUT2D eigenvalue weighted by Crippen LogP contribution is 2.35. The number of halogens is 3. The van der Waals surface area contributed by atoms with Crippen LogP contribution in [-0.2, 0) is 6.18 Å². The number of rotatable bonds is 6. The lowest BCUT2D eigenvalue weighted by Gasteiger charge is -2.08. The number of hydrazone groups is 1. The number of carbonyl (C=O) groups is 1. The molecule has 0 bridgehead atoms. The van der Waals surface area contributed by atoms with Crippen molar-refractivity contribution in [3.63, 3.8) is 0 Å². The van der Waals surface area contributed by atoms with Gasteiger partial charge < -0.3 is 9.52 Å². The Hall–Kier alpha value is -4.15. The van der Waals surface area contributed by atoms with Gasteiger partial charge in [0.25, 0.3) is 5.69 Å². The highest BCUT2D eigenvalue weighted by Gasteiger charge is 2.33. The SMILES string of the molecule is Cc1ccc(C(=O)O)cc1-c1ccc(/C=N\Nc2ccc(C(F)(F)F)cc2[N+](=O)[O-])o1. The summed E-state index contributed by atoms with van der Waals surface area (Å²) in [6.45, 7) is 1.78. The molecule has 3 aromatic rings. The fraction of sp³-hybridized carbons (Fsp3) is 0.100. The Labute approximate surface area is 172 Å². The second-order valence-corrected chi connectivity index (χ2v) is 6.39. The highest BCUT2D eigenvalue weighted by atomic mass is 19.4. The lowest BCUT2D eigenvalue weighted by atomic mass is 10.0. The lowest BCUT2D eigenvalue weighted by molar-refractivity contribution is -0.384. The van der Waals surface area contributed by atoms with Gasteiger partial charge in [0.1, 0.15) is 17.2 Å². The summed E-state index contributed by atoms with van der Waals surface area (Å²) in [5, 5.41) is 24.0. The number of aromatic carboxylic acids is 1. The van der Waals surface area contributed by atoms with Gasteiger partial charge in [-0.25, -0.2) is 4.79 Å². The maximum Gasteiger partial charge on any atom is 0.416 e. The molecule has 8 nitrogen and oxygen atoms in total. The molecular weight excluding hydrogens is 419 g/mol. The number of nitrogens with one attached hydrogen (secondary N) is 1. The van der Waals surface area contributed by atoms with E-state index in [0.717, 1.165) is 11.6 Å². The normalized spacial score (nSPS) is 11.6. The van der Waals surface area contributed by atoms with Gasteiger partial charge in [0.05, 0.1) is 22.3 Å². The molecule has 3 rings (SSSR count). The second kappa shape index (κ2) is 8.30. The summed E-state index contributed by atoms with van der Waals surface area (Å²) >= 11 is 0. The van der Waals surface area contributed by atoms with Crippen molar-refractivity contribution in [2.75, 3.05) is 5.43 Å². The van der Waals surface area contributed by atoms with E-state index in [9.17, 15) is 28.1 Å². The van der Waals surface area contributed by atoms with E-state index in [1.165, 1.54) is 24.4 Å². The van der Waals surface area contributed by atoms with Crippen molar-refractivity contribution in [1.29, 1.82) is 0 Å². The maximum absolute atomic E-state index is 12.8. The summed E-state index contributed by atoms with van der Waals surface area (Å²) in [6, 6.07) is 9.72. The van der Waals surface area contributed by atoms with Gasteiger partial charge >= 0.3 is 12.1 Å². The highest BCUT2D eigenvalue weighted by molar-refractivity contribution is 5.89. The van der Waals surface area contributed by atoms with Crippen LogP contribution in [0, 0.1) is 17.0 Å². The molecule has 1 heterocycles. The molecule has 0 fully saturated rings. The molecule has 2 N–H and O–H groups in total. The molecule has 160 valence electrons. The van der Waals surface area contributed by atoms with Gasteiger partial charge in [0, 0.05) is 11.6 Å². The molecule has 0 radical (unpaired) electrons. The van der Waals surface area contributed by atoms with Crippen molar-refractivity contribution in [3.05, 3.63) is 81.1 Å². The summed E-state index contributed by atoms with van der Waals surface area (Å²) in [5.74, 6) is -0.475. The first kappa shape index (κ1) is 21.6. The van der Waals surface area contributed by atoms with Gasteiger partial charge in [-0.2, -0.15) is 18.3 Å². The van der Waals surface area contributed by atoms with Crippen LogP contribution in [-0.4, -0.2) is 22.2 Å². The number of carboxylic acid groups (broad SMARTS) is 1. The topological polar surface area (TPSA) is 118 Å². The summed E-state index contributed by atoms with van der Waals surface area (Å²) in [7, 11) is 0. The van der Waals surface area contributed by atoms with Crippen LogP contribution < -0.4 is 5.43 Å². The molecule has 0 atom stereocenters. The Morgan fingerprint density at radius 1 is 1.19 bits per heavy atom. The molecule has 0 aliphatic carbocycles. The second-order valence-electron chi connectivity index (χ2n) is 6.39. The Morgan fingerprint density at radius 2 is 1.94 bits per heavy atom. The van der Waals surface area contributed by atoms with E-state index in [4.69, 9.17) is 9.52 Å². The van der Waals surface area contributed by atoms with E-state index in [1.54, 1.807) is 19.1 Å². The molecule has 0 aliphatic heterocycles. The molecule has 0 saturated heterocycles. The standard InChI is InChI=1S/C20H14F3N3O5/c1-11-2-3-12(19(27)28)8-15(11)18-7-5-14(31-18)10-24-25-16-6-4-13(20(21,22)23)9-17(16)26(29)30/h2-10,25H,1H3,(H,27,28)/b24-10-. The zero-order valence-electron chi connectivity index (χ0n) is 15.8. The minimum Gasteiger partial charge on any atom is -0.478 e. The van der Waals surface area contributed by atoms with Gasteiger partial charge in [-0.15, -0.1) is 0 Å². The molecule has 1 aromatic heterocycles. The molecule has 0 amide bonds. The Balaban J connectivity index is 1.81. The number of benzene rings is 2. The van der Waals surface area contributed by atoms with Crippen molar-refractivity contribution < 1.29 is 32.4 Å². The predicted octanol–water partition coefficient (Wildman–Crippen LogP) is 5.33. The smallest absolute Gasteiger partial charge is 0.416 e. The third kappa shape index (κ3) is 4.89. The third-order valence-corrected chi connectivity index (χ3v) is 4.28. The summed E-state index contributed by atoms with van der Waals surface area (Å²) in [5.41, 5.74) is 1.59. The van der Waals surface area contributed by atoms with E-state index in [0.29, 0.717) is 23.5 Å². The van der Waals surface area contributed by atoms with Crippen LogP contribution in [0.5, 0.6) is 0 Å². The van der Waals surface area contributed by atoms with Crippen molar-refractivity contribution in [2.45, 2.75) is 13.1 Å². The third-order valence-electron chi connectivity index (χ3n) is 4.28. The largest absolute Gasteiger partial charge is 0.478 e. The summed E-state index contributed by atoms with van der Waals surface area (Å²) in [4.78, 5) is 21.3. The number of carboxylic acids is 1. The average molecular weight is 433 g/mol.